The van der Waals surface area contributed by atoms with Crippen LogP contribution in [0.25, 0.3) is 0 Å². The first kappa shape index (κ1) is 25.9. The Bertz CT molecular complexity index is 761. The first-order valence-electron chi connectivity index (χ1n) is 12.1. The van der Waals surface area contributed by atoms with Crippen molar-refractivity contribution in [1.29, 1.82) is 0 Å². The van der Waals surface area contributed by atoms with Gasteiger partial charge in [0.2, 0.25) is 5.91 Å². The lowest BCUT2D eigenvalue weighted by Gasteiger charge is -2.27. The Morgan fingerprint density at radius 3 is 2.32 bits per heavy atom. The van der Waals surface area contributed by atoms with Crippen LogP contribution < -0.4 is 0 Å². The predicted octanol–water partition coefficient (Wildman–Crippen LogP) is 4.87. The number of nitrogens with zero attached hydrogens (tertiary/aromatic N) is 2. The van der Waals surface area contributed by atoms with Crippen molar-refractivity contribution in [3.63, 3.8) is 0 Å². The molecule has 1 amide bonds. The van der Waals surface area contributed by atoms with E-state index in [4.69, 9.17) is 0 Å². The van der Waals surface area contributed by atoms with Gasteiger partial charge in [-0.05, 0) is 68.8 Å². The highest BCUT2D eigenvalue weighted by Crippen LogP contribution is 2.20. The van der Waals surface area contributed by atoms with E-state index < -0.39 is 9.84 Å². The Morgan fingerprint density at radius 1 is 1.00 bits per heavy atom. The van der Waals surface area contributed by atoms with Crippen LogP contribution in [0, 0.1) is 0 Å². The lowest BCUT2D eigenvalue weighted by molar-refractivity contribution is -0.130. The van der Waals surface area contributed by atoms with Crippen molar-refractivity contribution < 1.29 is 13.2 Å². The maximum absolute atomic E-state index is 12.2. The summed E-state index contributed by atoms with van der Waals surface area (Å²) < 4.78 is 23.4. The second kappa shape index (κ2) is 13.2. The molecule has 31 heavy (non-hydrogen) atoms. The number of likely N-dealkylation sites (tertiary alicyclic amines) is 1. The SMILES string of the molecule is CCCCCN(CCCCN1CCCCCC1=O)CC(C)c1ccc(S(C)(=O)=O)cc1. The first-order valence-corrected chi connectivity index (χ1v) is 14.0. The quantitative estimate of drug-likeness (QED) is 0.402. The van der Waals surface area contributed by atoms with Crippen LogP contribution in [-0.4, -0.2) is 63.1 Å². The van der Waals surface area contributed by atoms with Gasteiger partial charge in [-0.1, -0.05) is 45.2 Å². The van der Waals surface area contributed by atoms with Gasteiger partial charge in [-0.15, -0.1) is 0 Å². The summed E-state index contributed by atoms with van der Waals surface area (Å²) in [7, 11) is -3.15. The first-order chi connectivity index (χ1) is 14.8. The number of rotatable bonds is 13. The summed E-state index contributed by atoms with van der Waals surface area (Å²) in [6, 6.07) is 7.36. The molecule has 0 N–H and O–H groups in total. The van der Waals surface area contributed by atoms with Crippen LogP contribution in [0.5, 0.6) is 0 Å². The zero-order chi connectivity index (χ0) is 22.7. The molecule has 6 heteroatoms. The van der Waals surface area contributed by atoms with E-state index in [2.05, 4.69) is 23.6 Å². The standard InChI is InChI=1S/C25H42N2O3S/c1-4-5-8-17-26(18-10-11-20-27-19-9-6-7-12-25(27)28)21-22(2)23-13-15-24(16-14-23)31(3,29)30/h13-16,22H,4-12,17-21H2,1-3H3. The smallest absolute Gasteiger partial charge is 0.222 e. The Labute approximate surface area is 190 Å². The van der Waals surface area contributed by atoms with E-state index in [-0.39, 0.29) is 0 Å². The van der Waals surface area contributed by atoms with Gasteiger partial charge in [0.15, 0.2) is 9.84 Å². The lowest BCUT2D eigenvalue weighted by atomic mass is 10.0. The maximum atomic E-state index is 12.2. The van der Waals surface area contributed by atoms with E-state index >= 15 is 0 Å². The van der Waals surface area contributed by atoms with Crippen molar-refractivity contribution in [1.82, 2.24) is 9.80 Å². The molecule has 0 saturated carbocycles. The Morgan fingerprint density at radius 2 is 1.68 bits per heavy atom. The van der Waals surface area contributed by atoms with Crippen molar-refractivity contribution in [3.8, 4) is 0 Å². The van der Waals surface area contributed by atoms with Gasteiger partial charge in [0, 0.05) is 32.3 Å². The van der Waals surface area contributed by atoms with Gasteiger partial charge in [-0.3, -0.25) is 4.79 Å². The van der Waals surface area contributed by atoms with E-state index in [0.717, 1.165) is 64.8 Å². The van der Waals surface area contributed by atoms with Gasteiger partial charge in [-0.25, -0.2) is 8.42 Å². The topological polar surface area (TPSA) is 57.7 Å². The molecule has 1 atom stereocenters. The van der Waals surface area contributed by atoms with E-state index in [0.29, 0.717) is 16.7 Å². The lowest BCUT2D eigenvalue weighted by Crippen LogP contribution is -2.33. The average molecular weight is 451 g/mol. The van der Waals surface area contributed by atoms with Crippen LogP contribution >= 0.6 is 0 Å². The molecule has 5 nitrogen and oxygen atoms in total. The van der Waals surface area contributed by atoms with Crippen molar-refractivity contribution in [2.24, 2.45) is 0 Å². The Hall–Kier alpha value is -1.40. The molecule has 1 unspecified atom stereocenters. The Balaban J connectivity index is 1.86. The van der Waals surface area contributed by atoms with Crippen molar-refractivity contribution in [2.45, 2.75) is 82.4 Å². The van der Waals surface area contributed by atoms with Gasteiger partial charge in [0.25, 0.3) is 0 Å². The molecule has 1 aromatic rings. The minimum absolute atomic E-state index is 0.337. The van der Waals surface area contributed by atoms with Crippen LogP contribution in [0.4, 0.5) is 0 Å². The summed E-state index contributed by atoms with van der Waals surface area (Å²) in [4.78, 5) is 17.2. The third kappa shape index (κ3) is 9.32. The monoisotopic (exact) mass is 450 g/mol. The summed E-state index contributed by atoms with van der Waals surface area (Å²) in [5.41, 5.74) is 1.18. The highest BCUT2D eigenvalue weighted by Gasteiger charge is 2.17. The van der Waals surface area contributed by atoms with Gasteiger partial charge < -0.3 is 9.80 Å². The second-order valence-electron chi connectivity index (χ2n) is 9.15. The largest absolute Gasteiger partial charge is 0.343 e. The maximum Gasteiger partial charge on any atom is 0.222 e. The molecule has 1 saturated heterocycles. The Kier molecular flexibility index (Phi) is 11.0. The third-order valence-corrected chi connectivity index (χ3v) is 7.44. The molecule has 176 valence electrons. The zero-order valence-corrected chi connectivity index (χ0v) is 20.6. The van der Waals surface area contributed by atoms with E-state index in [1.165, 1.54) is 37.5 Å². The molecule has 1 aromatic carbocycles. The fraction of sp³-hybridized carbons (Fsp3) is 0.720. The van der Waals surface area contributed by atoms with Crippen LogP contribution in [0.2, 0.25) is 0 Å². The zero-order valence-electron chi connectivity index (χ0n) is 19.8. The summed E-state index contributed by atoms with van der Waals surface area (Å²) in [5.74, 6) is 0.686. The van der Waals surface area contributed by atoms with Gasteiger partial charge in [0.05, 0.1) is 4.90 Å². The summed E-state index contributed by atoms with van der Waals surface area (Å²) in [5, 5.41) is 0. The van der Waals surface area contributed by atoms with E-state index in [1.54, 1.807) is 12.1 Å². The minimum Gasteiger partial charge on any atom is -0.343 e. The second-order valence-corrected chi connectivity index (χ2v) is 11.2. The summed E-state index contributed by atoms with van der Waals surface area (Å²) in [6.45, 7) is 9.40. The van der Waals surface area contributed by atoms with E-state index in [1.807, 2.05) is 12.1 Å². The molecular formula is C25H42N2O3S. The van der Waals surface area contributed by atoms with Crippen molar-refractivity contribution in [2.75, 3.05) is 39.0 Å². The molecule has 1 heterocycles. The number of hydrogen-bond donors (Lipinski definition) is 0. The van der Waals surface area contributed by atoms with Crippen molar-refractivity contribution in [3.05, 3.63) is 29.8 Å². The minimum atomic E-state index is -3.15. The van der Waals surface area contributed by atoms with Crippen LogP contribution in [0.15, 0.2) is 29.2 Å². The molecule has 2 rings (SSSR count). The van der Waals surface area contributed by atoms with Crippen LogP contribution in [0.1, 0.15) is 83.1 Å². The molecule has 0 aliphatic carbocycles. The van der Waals surface area contributed by atoms with Gasteiger partial charge >= 0.3 is 0 Å². The number of amides is 1. The molecule has 1 aliphatic heterocycles. The fourth-order valence-electron chi connectivity index (χ4n) is 4.33. The van der Waals surface area contributed by atoms with Crippen LogP contribution in [-0.2, 0) is 14.6 Å². The molecule has 1 fully saturated rings. The molecule has 0 bridgehead atoms. The fourth-order valence-corrected chi connectivity index (χ4v) is 4.96. The number of hydrogen-bond acceptors (Lipinski definition) is 4. The summed E-state index contributed by atoms with van der Waals surface area (Å²) >= 11 is 0. The normalized spacial score (nSPS) is 16.5. The van der Waals surface area contributed by atoms with Crippen LogP contribution in [0.3, 0.4) is 0 Å². The molecule has 0 spiro atoms. The number of sulfone groups is 1. The number of carbonyl (C=O) groups is 1. The van der Waals surface area contributed by atoms with Crippen molar-refractivity contribution >= 4 is 15.7 Å². The van der Waals surface area contributed by atoms with Gasteiger partial charge in [-0.2, -0.15) is 0 Å². The highest BCUT2D eigenvalue weighted by atomic mass is 32.2. The number of benzene rings is 1. The van der Waals surface area contributed by atoms with Gasteiger partial charge in [0.1, 0.15) is 0 Å². The molecule has 0 aromatic heterocycles. The third-order valence-electron chi connectivity index (χ3n) is 6.31. The predicted molar refractivity (Wildman–Crippen MR) is 128 cm³/mol. The average Bonchev–Trinajstić information content (AvgIpc) is 2.94. The highest BCUT2D eigenvalue weighted by molar-refractivity contribution is 7.90. The summed E-state index contributed by atoms with van der Waals surface area (Å²) in [6.07, 6.45) is 11.2. The molecule has 0 radical (unpaired) electrons. The molecular weight excluding hydrogens is 408 g/mol. The molecule has 1 aliphatic rings. The number of carbonyl (C=O) groups excluding carboxylic acids is 1. The number of unbranched alkanes of at least 4 members (excludes halogenated alkanes) is 3. The van der Waals surface area contributed by atoms with E-state index in [9.17, 15) is 13.2 Å².